The smallest absolute Gasteiger partial charge is 0.132 e. The Balaban J connectivity index is 2.25. The van der Waals surface area contributed by atoms with E-state index in [4.69, 9.17) is 10.5 Å². The van der Waals surface area contributed by atoms with Gasteiger partial charge in [-0.1, -0.05) is 25.0 Å². The summed E-state index contributed by atoms with van der Waals surface area (Å²) in [5.74, 6) is 0.704. The second kappa shape index (κ2) is 5.05. The fraction of sp³-hybridized carbons (Fsp3) is 0.571. The zero-order valence-corrected chi connectivity index (χ0v) is 10.3. The Morgan fingerprint density at radius 3 is 2.71 bits per heavy atom. The lowest BCUT2D eigenvalue weighted by Gasteiger charge is -2.31. The standard InChI is InChI=1S/C14H20FNO/c1-17-12-6-4-5-11(9-12)13(15)14(10-16)7-2-3-8-14/h4-6,9,13H,2-3,7-8,10,16H2,1H3. The molecule has 1 aliphatic carbocycles. The summed E-state index contributed by atoms with van der Waals surface area (Å²) >= 11 is 0. The van der Waals surface area contributed by atoms with E-state index in [0.717, 1.165) is 25.7 Å². The van der Waals surface area contributed by atoms with E-state index in [9.17, 15) is 4.39 Å². The summed E-state index contributed by atoms with van der Waals surface area (Å²) < 4.78 is 19.8. The predicted octanol–water partition coefficient (Wildman–Crippen LogP) is 3.22. The second-order valence-corrected chi connectivity index (χ2v) is 4.91. The van der Waals surface area contributed by atoms with Gasteiger partial charge in [0.25, 0.3) is 0 Å². The second-order valence-electron chi connectivity index (χ2n) is 4.91. The maximum Gasteiger partial charge on any atom is 0.132 e. The van der Waals surface area contributed by atoms with Gasteiger partial charge >= 0.3 is 0 Å². The molecule has 1 aromatic carbocycles. The summed E-state index contributed by atoms with van der Waals surface area (Å²) in [6.45, 7) is 0.422. The van der Waals surface area contributed by atoms with Crippen LogP contribution in [0.3, 0.4) is 0 Å². The van der Waals surface area contributed by atoms with Crippen LogP contribution in [0.15, 0.2) is 24.3 Å². The van der Waals surface area contributed by atoms with Crippen LogP contribution in [0.25, 0.3) is 0 Å². The molecule has 0 bridgehead atoms. The molecule has 0 aromatic heterocycles. The van der Waals surface area contributed by atoms with Gasteiger partial charge in [-0.05, 0) is 30.5 Å². The third kappa shape index (κ3) is 2.29. The maximum atomic E-state index is 14.7. The van der Waals surface area contributed by atoms with E-state index < -0.39 is 6.17 Å². The molecule has 1 saturated carbocycles. The minimum absolute atomic E-state index is 0.355. The number of ether oxygens (including phenoxy) is 1. The maximum absolute atomic E-state index is 14.7. The van der Waals surface area contributed by atoms with Crippen molar-refractivity contribution in [2.75, 3.05) is 13.7 Å². The molecule has 2 nitrogen and oxygen atoms in total. The van der Waals surface area contributed by atoms with Crippen molar-refractivity contribution in [1.29, 1.82) is 0 Å². The van der Waals surface area contributed by atoms with Gasteiger partial charge in [0.1, 0.15) is 11.9 Å². The van der Waals surface area contributed by atoms with Crippen molar-refractivity contribution >= 4 is 0 Å². The lowest BCUT2D eigenvalue weighted by molar-refractivity contribution is 0.119. The molecule has 0 amide bonds. The Morgan fingerprint density at radius 2 is 2.12 bits per heavy atom. The van der Waals surface area contributed by atoms with Gasteiger partial charge in [0.05, 0.1) is 7.11 Å². The third-order valence-corrected chi connectivity index (χ3v) is 3.93. The van der Waals surface area contributed by atoms with E-state index in [1.165, 1.54) is 0 Å². The van der Waals surface area contributed by atoms with E-state index >= 15 is 0 Å². The number of benzene rings is 1. The van der Waals surface area contributed by atoms with Crippen molar-refractivity contribution in [3.05, 3.63) is 29.8 Å². The Hall–Kier alpha value is -1.09. The van der Waals surface area contributed by atoms with Gasteiger partial charge in [-0.2, -0.15) is 0 Å². The lowest BCUT2D eigenvalue weighted by atomic mass is 9.78. The largest absolute Gasteiger partial charge is 0.497 e. The first-order valence-corrected chi connectivity index (χ1v) is 6.20. The molecule has 2 N–H and O–H groups in total. The first-order chi connectivity index (χ1) is 8.22. The van der Waals surface area contributed by atoms with Crippen molar-refractivity contribution in [2.45, 2.75) is 31.9 Å². The highest BCUT2D eigenvalue weighted by Gasteiger charge is 2.41. The van der Waals surface area contributed by atoms with Crippen LogP contribution in [0.5, 0.6) is 5.75 Å². The van der Waals surface area contributed by atoms with Crippen LogP contribution in [0.1, 0.15) is 37.4 Å². The van der Waals surface area contributed by atoms with Crippen molar-refractivity contribution < 1.29 is 9.13 Å². The fourth-order valence-corrected chi connectivity index (χ4v) is 2.79. The van der Waals surface area contributed by atoms with Crippen molar-refractivity contribution in [1.82, 2.24) is 0 Å². The lowest BCUT2D eigenvalue weighted by Crippen LogP contribution is -2.32. The number of methoxy groups -OCH3 is 1. The van der Waals surface area contributed by atoms with Gasteiger partial charge in [-0.15, -0.1) is 0 Å². The Bertz CT molecular complexity index is 374. The molecule has 1 atom stereocenters. The van der Waals surface area contributed by atoms with Crippen LogP contribution < -0.4 is 10.5 Å². The molecule has 3 heteroatoms. The highest BCUT2D eigenvalue weighted by atomic mass is 19.1. The molecule has 0 spiro atoms. The van der Waals surface area contributed by atoms with Gasteiger partial charge < -0.3 is 10.5 Å². The topological polar surface area (TPSA) is 35.2 Å². The molecule has 2 rings (SSSR count). The van der Waals surface area contributed by atoms with Crippen LogP contribution >= 0.6 is 0 Å². The molecular weight excluding hydrogens is 217 g/mol. The van der Waals surface area contributed by atoms with Crippen LogP contribution in [0.2, 0.25) is 0 Å². The molecule has 1 aromatic rings. The normalized spacial score (nSPS) is 20.2. The summed E-state index contributed by atoms with van der Waals surface area (Å²) in [4.78, 5) is 0. The molecule has 0 heterocycles. The van der Waals surface area contributed by atoms with Gasteiger partial charge in [-0.25, -0.2) is 4.39 Å². The average Bonchev–Trinajstić information content (AvgIpc) is 2.88. The molecule has 0 aliphatic heterocycles. The number of halogens is 1. The molecule has 94 valence electrons. The quantitative estimate of drug-likeness (QED) is 0.872. The summed E-state index contributed by atoms with van der Waals surface area (Å²) in [6, 6.07) is 7.27. The third-order valence-electron chi connectivity index (χ3n) is 3.93. The van der Waals surface area contributed by atoms with E-state index in [1.807, 2.05) is 18.2 Å². The number of hydrogen-bond donors (Lipinski definition) is 1. The molecule has 1 fully saturated rings. The van der Waals surface area contributed by atoms with Crippen LogP contribution in [0, 0.1) is 5.41 Å². The molecule has 0 radical (unpaired) electrons. The van der Waals surface area contributed by atoms with E-state index in [2.05, 4.69) is 0 Å². The molecule has 17 heavy (non-hydrogen) atoms. The van der Waals surface area contributed by atoms with Crippen LogP contribution in [-0.2, 0) is 0 Å². The summed E-state index contributed by atoms with van der Waals surface area (Å²) in [7, 11) is 1.60. The zero-order chi connectivity index (χ0) is 12.3. The monoisotopic (exact) mass is 237 g/mol. The average molecular weight is 237 g/mol. The number of alkyl halides is 1. The molecular formula is C14H20FNO. The molecule has 1 aliphatic rings. The van der Waals surface area contributed by atoms with Crippen LogP contribution in [-0.4, -0.2) is 13.7 Å². The molecule has 0 saturated heterocycles. The van der Waals surface area contributed by atoms with E-state index in [1.54, 1.807) is 13.2 Å². The van der Waals surface area contributed by atoms with Gasteiger partial charge in [0.2, 0.25) is 0 Å². The van der Waals surface area contributed by atoms with Crippen molar-refractivity contribution in [2.24, 2.45) is 11.1 Å². The zero-order valence-electron chi connectivity index (χ0n) is 10.3. The highest BCUT2D eigenvalue weighted by Crippen LogP contribution is 2.49. The minimum atomic E-state index is -0.981. The van der Waals surface area contributed by atoms with Crippen molar-refractivity contribution in [3.63, 3.8) is 0 Å². The van der Waals surface area contributed by atoms with E-state index in [0.29, 0.717) is 17.9 Å². The van der Waals surface area contributed by atoms with Gasteiger partial charge in [0, 0.05) is 12.0 Å². The van der Waals surface area contributed by atoms with Gasteiger partial charge in [-0.3, -0.25) is 0 Å². The molecule has 1 unspecified atom stereocenters. The van der Waals surface area contributed by atoms with Gasteiger partial charge in [0.15, 0.2) is 0 Å². The minimum Gasteiger partial charge on any atom is -0.497 e. The Morgan fingerprint density at radius 1 is 1.41 bits per heavy atom. The Labute approximate surface area is 102 Å². The van der Waals surface area contributed by atoms with Crippen molar-refractivity contribution in [3.8, 4) is 5.75 Å². The van der Waals surface area contributed by atoms with Crippen LogP contribution in [0.4, 0.5) is 4.39 Å². The SMILES string of the molecule is COc1cccc(C(F)C2(CN)CCCC2)c1. The number of nitrogens with two attached hydrogens (primary N) is 1. The first kappa shape index (κ1) is 12.4. The summed E-state index contributed by atoms with van der Waals surface area (Å²) in [6.07, 6.45) is 2.97. The van der Waals surface area contributed by atoms with E-state index in [-0.39, 0.29) is 5.41 Å². The number of rotatable bonds is 4. The summed E-state index contributed by atoms with van der Waals surface area (Å²) in [5.41, 5.74) is 6.14. The Kier molecular flexibility index (Phi) is 3.67. The fourth-order valence-electron chi connectivity index (χ4n) is 2.79. The summed E-state index contributed by atoms with van der Waals surface area (Å²) in [5, 5.41) is 0. The first-order valence-electron chi connectivity index (χ1n) is 6.20. The number of hydrogen-bond acceptors (Lipinski definition) is 2. The predicted molar refractivity (Wildman–Crippen MR) is 66.8 cm³/mol. The highest BCUT2D eigenvalue weighted by molar-refractivity contribution is 5.31.